The van der Waals surface area contributed by atoms with Crippen molar-refractivity contribution >= 4 is 18.3 Å². The number of benzene rings is 2. The number of rotatable bonds is 5. The van der Waals surface area contributed by atoms with Gasteiger partial charge in [0.05, 0.1) is 42.2 Å². The summed E-state index contributed by atoms with van der Waals surface area (Å²) in [7, 11) is 3.12. The van der Waals surface area contributed by atoms with Crippen molar-refractivity contribution in [1.82, 2.24) is 9.78 Å². The summed E-state index contributed by atoms with van der Waals surface area (Å²) < 4.78 is 30.1. The molecule has 0 atom stereocenters. The van der Waals surface area contributed by atoms with Crippen molar-refractivity contribution in [2.75, 3.05) is 14.2 Å². The van der Waals surface area contributed by atoms with E-state index in [0.29, 0.717) is 40.2 Å². The molecule has 166 valence electrons. The summed E-state index contributed by atoms with van der Waals surface area (Å²) in [6.07, 6.45) is 0.880. The van der Waals surface area contributed by atoms with Crippen LogP contribution in [0, 0.1) is 17.1 Å². The zero-order valence-electron chi connectivity index (χ0n) is 17.8. The molecule has 2 aromatic carbocycles. The second kappa shape index (κ2) is 9.38. The van der Waals surface area contributed by atoms with Gasteiger partial charge in [0.25, 0.3) is 5.82 Å². The summed E-state index contributed by atoms with van der Waals surface area (Å²) in [6, 6.07) is 9.85. The molecular weight excluding hydrogens is 433 g/mol. The Balaban J connectivity index is 0.00000289. The van der Waals surface area contributed by atoms with Gasteiger partial charge < -0.3 is 14.9 Å². The number of aromatic nitrogens is 3. The lowest BCUT2D eigenvalue weighted by atomic mass is 9.97. The quantitative estimate of drug-likeness (QED) is 0.470. The van der Waals surface area contributed by atoms with Crippen LogP contribution in [0.1, 0.15) is 35.9 Å². The first-order valence-corrected chi connectivity index (χ1v) is 10.2. The Bertz CT molecular complexity index is 1250. The molecule has 1 N–H and O–H groups in total. The van der Waals surface area contributed by atoms with Crippen molar-refractivity contribution in [1.29, 1.82) is 5.26 Å². The van der Waals surface area contributed by atoms with Gasteiger partial charge >= 0.3 is 5.16 Å². The summed E-state index contributed by atoms with van der Waals surface area (Å²) in [4.78, 5) is 4.78. The van der Waals surface area contributed by atoms with Crippen LogP contribution in [0.25, 0.3) is 5.69 Å². The number of hydrogen-bond donors (Lipinski definition) is 1. The van der Waals surface area contributed by atoms with Crippen molar-refractivity contribution in [2.24, 2.45) is 4.99 Å². The Hall–Kier alpha value is -3.42. The van der Waals surface area contributed by atoms with Crippen molar-refractivity contribution in [2.45, 2.75) is 31.6 Å². The average Bonchev–Trinajstić information content (AvgIpc) is 2.97. The molecule has 2 heterocycles. The van der Waals surface area contributed by atoms with E-state index in [-0.39, 0.29) is 23.1 Å². The van der Waals surface area contributed by atoms with E-state index in [4.69, 9.17) is 19.7 Å². The highest BCUT2D eigenvalue weighted by atomic mass is 32.1. The summed E-state index contributed by atoms with van der Waals surface area (Å²) in [5.41, 5.74) is 2.12. The fraction of sp³-hybridized carbons (Fsp3) is 0.273. The highest BCUT2D eigenvalue weighted by Gasteiger charge is 2.35. The largest absolute Gasteiger partial charge is 0.870 e. The van der Waals surface area contributed by atoms with Crippen LogP contribution < -0.4 is 14.0 Å². The number of fused-ring (bicyclic) bond motifs is 3. The Morgan fingerprint density at radius 1 is 1.22 bits per heavy atom. The van der Waals surface area contributed by atoms with Crippen LogP contribution in [0.3, 0.4) is 0 Å². The van der Waals surface area contributed by atoms with Gasteiger partial charge in [-0.05, 0) is 36.8 Å². The van der Waals surface area contributed by atoms with E-state index in [9.17, 15) is 0 Å². The van der Waals surface area contributed by atoms with Crippen LogP contribution in [0.5, 0.6) is 11.5 Å². The maximum Gasteiger partial charge on any atom is 0.338 e. The molecule has 0 amide bonds. The Kier molecular flexibility index (Phi) is 6.81. The third-order valence-corrected chi connectivity index (χ3v) is 5.43. The minimum Gasteiger partial charge on any atom is -0.870 e. The van der Waals surface area contributed by atoms with Crippen LogP contribution in [0.2, 0.25) is 0 Å². The lowest BCUT2D eigenvalue weighted by Crippen LogP contribution is -2.37. The van der Waals surface area contributed by atoms with Crippen LogP contribution in [-0.4, -0.2) is 35.2 Å². The Morgan fingerprint density at radius 2 is 1.94 bits per heavy atom. The van der Waals surface area contributed by atoms with Crippen molar-refractivity contribution in [3.63, 3.8) is 0 Å². The summed E-state index contributed by atoms with van der Waals surface area (Å²) >= 11 is 4.61. The molecule has 0 saturated carbocycles. The van der Waals surface area contributed by atoms with E-state index in [2.05, 4.69) is 24.7 Å². The standard InChI is InChI=1S/C22H20FN5O2S.H2O/c1-4-9-27-18-12-25-20(14-6-5-13(11-24)10-15(14)23)19-16(29-2)7-8-17(30-3)21(19)28(18)22(31)26-27;/h5-8,10H,4,9,12H2,1-3H3;1H2. The third kappa shape index (κ3) is 3.70. The molecule has 0 spiro atoms. The zero-order valence-corrected chi connectivity index (χ0v) is 18.7. The van der Waals surface area contributed by atoms with Crippen LogP contribution in [0.15, 0.2) is 40.5 Å². The van der Waals surface area contributed by atoms with E-state index in [1.165, 1.54) is 6.07 Å². The van der Waals surface area contributed by atoms with E-state index in [0.717, 1.165) is 12.2 Å². The maximum absolute atomic E-state index is 15.1. The van der Waals surface area contributed by atoms with Crippen LogP contribution in [0.4, 0.5) is 4.39 Å². The molecule has 0 fully saturated rings. The van der Waals surface area contributed by atoms with E-state index in [1.54, 1.807) is 38.5 Å². The molecule has 0 radical (unpaired) electrons. The van der Waals surface area contributed by atoms with Gasteiger partial charge in [-0.2, -0.15) is 9.83 Å². The molecule has 0 aliphatic carbocycles. The lowest BCUT2D eigenvalue weighted by molar-refractivity contribution is -0.644. The first-order valence-electron chi connectivity index (χ1n) is 9.74. The lowest BCUT2D eigenvalue weighted by Gasteiger charge is -2.16. The van der Waals surface area contributed by atoms with Crippen molar-refractivity contribution < 1.29 is 23.9 Å². The van der Waals surface area contributed by atoms with E-state index >= 15 is 4.39 Å². The highest BCUT2D eigenvalue weighted by molar-refractivity contribution is 7.79. The van der Waals surface area contributed by atoms with Crippen LogP contribution >= 0.6 is 12.6 Å². The fourth-order valence-electron chi connectivity index (χ4n) is 3.78. The number of aliphatic imine (C=N–C) groups is 1. The number of nitriles is 1. The minimum atomic E-state index is -0.536. The van der Waals surface area contributed by atoms with Gasteiger partial charge in [-0.1, -0.05) is 19.6 Å². The third-order valence-electron chi connectivity index (χ3n) is 5.14. The molecule has 0 bridgehead atoms. The van der Waals surface area contributed by atoms with Gasteiger partial charge in [0.1, 0.15) is 24.7 Å². The Labute approximate surface area is 190 Å². The normalized spacial score (nSPS) is 11.9. The zero-order chi connectivity index (χ0) is 22.1. The molecule has 0 saturated heterocycles. The van der Waals surface area contributed by atoms with Crippen LogP contribution in [-0.2, 0) is 13.1 Å². The van der Waals surface area contributed by atoms with Gasteiger partial charge in [-0.3, -0.25) is 4.99 Å². The number of hydrogen-bond acceptors (Lipinski definition) is 7. The molecule has 1 aromatic heterocycles. The minimum absolute atomic E-state index is 0. The van der Waals surface area contributed by atoms with Gasteiger partial charge in [-0.15, -0.1) is 4.68 Å². The number of methoxy groups -OCH3 is 2. The first-order chi connectivity index (χ1) is 15.0. The smallest absolute Gasteiger partial charge is 0.338 e. The number of ether oxygens (including phenoxy) is 2. The van der Waals surface area contributed by atoms with Crippen molar-refractivity contribution in [3.8, 4) is 23.3 Å². The van der Waals surface area contributed by atoms with E-state index in [1.807, 2.05) is 15.3 Å². The van der Waals surface area contributed by atoms with Gasteiger partial charge in [0.15, 0.2) is 11.4 Å². The molecule has 4 rings (SSSR count). The molecule has 0 unspecified atom stereocenters. The SMILES string of the molecule is CCCn1nc(S)[n+]2c1CN=C(c1ccc(C#N)cc1F)c1c(OC)ccc(OC)c1-2.[OH-]. The van der Waals surface area contributed by atoms with Gasteiger partial charge in [0, 0.05) is 5.56 Å². The molecule has 8 nitrogen and oxygen atoms in total. The molecule has 3 aromatic rings. The van der Waals surface area contributed by atoms with E-state index < -0.39 is 5.82 Å². The molecule has 10 heteroatoms. The number of aryl methyl sites for hydroxylation is 1. The monoisotopic (exact) mass is 455 g/mol. The first kappa shape index (κ1) is 23.2. The predicted molar refractivity (Wildman–Crippen MR) is 117 cm³/mol. The number of thiol groups is 1. The topological polar surface area (TPSA) is 106 Å². The maximum atomic E-state index is 15.1. The molecule has 32 heavy (non-hydrogen) atoms. The second-order valence-electron chi connectivity index (χ2n) is 6.94. The predicted octanol–water partition coefficient (Wildman–Crippen LogP) is 3.06. The summed E-state index contributed by atoms with van der Waals surface area (Å²) in [5, 5.41) is 14.1. The summed E-state index contributed by atoms with van der Waals surface area (Å²) in [5.74, 6) is 1.32. The molecular formula is C22H22FN5O3S. The van der Waals surface area contributed by atoms with Crippen molar-refractivity contribution in [3.05, 3.63) is 58.7 Å². The Morgan fingerprint density at radius 3 is 2.56 bits per heavy atom. The van der Waals surface area contributed by atoms with Gasteiger partial charge in [0.2, 0.25) is 0 Å². The summed E-state index contributed by atoms with van der Waals surface area (Å²) in [6.45, 7) is 3.00. The van der Waals surface area contributed by atoms with Gasteiger partial charge in [-0.25, -0.2) is 4.39 Å². The average molecular weight is 456 g/mol. The molecule has 1 aliphatic heterocycles. The second-order valence-corrected chi connectivity index (χ2v) is 7.34. The highest BCUT2D eigenvalue weighted by Crippen LogP contribution is 2.36. The molecule has 1 aliphatic rings. The fourth-order valence-corrected chi connectivity index (χ4v) is 4.10. The number of nitrogens with zero attached hydrogens (tertiary/aromatic N) is 5. The number of halogens is 1.